The molecule has 2 atom stereocenters. The topological polar surface area (TPSA) is 86.8 Å². The fraction of sp³-hybridized carbons (Fsp3) is 0.312. The van der Waals surface area contributed by atoms with Crippen LogP contribution in [0.25, 0.3) is 0 Å². The highest BCUT2D eigenvalue weighted by Gasteiger charge is 2.36. The normalized spacial score (nSPS) is 14.0. The van der Waals surface area contributed by atoms with Crippen LogP contribution in [0.5, 0.6) is 0 Å². The minimum atomic E-state index is -0.842. The summed E-state index contributed by atoms with van der Waals surface area (Å²) in [4.78, 5) is 55.8. The third-order valence-corrected chi connectivity index (χ3v) is 8.02. The number of carbonyl (C=O) groups is 4. The van der Waals surface area contributed by atoms with Gasteiger partial charge < -0.3 is 10.2 Å². The van der Waals surface area contributed by atoms with E-state index in [2.05, 4.69) is 5.32 Å². The number of nitrogens with zero attached hydrogens (tertiary/aromatic N) is 2. The van der Waals surface area contributed by atoms with E-state index >= 15 is 0 Å². The summed E-state index contributed by atoms with van der Waals surface area (Å²) in [5.41, 5.74) is 2.16. The first-order chi connectivity index (χ1) is 19.7. The van der Waals surface area contributed by atoms with E-state index in [0.29, 0.717) is 26.7 Å². The number of rotatable bonds is 12. The number of amides is 4. The molecule has 0 fully saturated rings. The van der Waals surface area contributed by atoms with Gasteiger partial charge in [-0.1, -0.05) is 78.7 Å². The summed E-state index contributed by atoms with van der Waals surface area (Å²) in [6.07, 6.45) is 1.27. The van der Waals surface area contributed by atoms with Crippen LogP contribution in [0.1, 0.15) is 65.0 Å². The maximum absolute atomic E-state index is 13.9. The van der Waals surface area contributed by atoms with E-state index in [4.69, 9.17) is 23.2 Å². The molecule has 1 aliphatic heterocycles. The van der Waals surface area contributed by atoms with Crippen molar-refractivity contribution in [1.82, 2.24) is 15.1 Å². The molecular formula is C32H33Cl2N3O4. The Morgan fingerprint density at radius 1 is 0.878 bits per heavy atom. The van der Waals surface area contributed by atoms with Crippen molar-refractivity contribution in [2.45, 2.75) is 58.2 Å². The second-order valence-corrected chi connectivity index (χ2v) is 11.0. The van der Waals surface area contributed by atoms with Crippen LogP contribution in [-0.4, -0.2) is 52.1 Å². The van der Waals surface area contributed by atoms with Crippen LogP contribution >= 0.6 is 23.2 Å². The molecule has 3 aromatic carbocycles. The van der Waals surface area contributed by atoms with E-state index in [1.54, 1.807) is 42.5 Å². The van der Waals surface area contributed by atoms with Gasteiger partial charge in [0.15, 0.2) is 0 Å². The van der Waals surface area contributed by atoms with Crippen molar-refractivity contribution in [2.75, 3.05) is 6.54 Å². The summed E-state index contributed by atoms with van der Waals surface area (Å²) in [7, 11) is 0. The van der Waals surface area contributed by atoms with E-state index in [-0.39, 0.29) is 62.0 Å². The van der Waals surface area contributed by atoms with Crippen molar-refractivity contribution < 1.29 is 19.2 Å². The molecule has 1 N–H and O–H groups in total. The quantitative estimate of drug-likeness (QED) is 0.264. The lowest BCUT2D eigenvalue weighted by molar-refractivity contribution is -0.141. The molecule has 3 aromatic rings. The van der Waals surface area contributed by atoms with Gasteiger partial charge in [-0.3, -0.25) is 24.1 Å². The Balaban J connectivity index is 1.59. The van der Waals surface area contributed by atoms with Crippen LogP contribution in [-0.2, 0) is 22.6 Å². The molecule has 0 unspecified atom stereocenters. The Labute approximate surface area is 250 Å². The van der Waals surface area contributed by atoms with Gasteiger partial charge in [0, 0.05) is 47.6 Å². The molecule has 0 aromatic heterocycles. The molecule has 0 spiro atoms. The number of hydrogen-bond donors (Lipinski definition) is 1. The van der Waals surface area contributed by atoms with Crippen LogP contribution < -0.4 is 5.32 Å². The maximum Gasteiger partial charge on any atom is 0.261 e. The highest BCUT2D eigenvalue weighted by atomic mass is 35.5. The summed E-state index contributed by atoms with van der Waals surface area (Å²) in [5.74, 6) is -1.32. The highest BCUT2D eigenvalue weighted by Crippen LogP contribution is 2.28. The Kier molecular flexibility index (Phi) is 10.2. The average molecular weight is 595 g/mol. The first-order valence-electron chi connectivity index (χ1n) is 13.7. The smallest absolute Gasteiger partial charge is 0.261 e. The van der Waals surface area contributed by atoms with Crippen molar-refractivity contribution in [3.63, 3.8) is 0 Å². The minimum absolute atomic E-state index is 0.0113. The summed E-state index contributed by atoms with van der Waals surface area (Å²) in [5, 5.41) is 3.81. The molecule has 0 radical (unpaired) electrons. The molecule has 4 amide bonds. The van der Waals surface area contributed by atoms with Crippen molar-refractivity contribution in [2.24, 2.45) is 0 Å². The molecule has 41 heavy (non-hydrogen) atoms. The number of carbonyl (C=O) groups excluding carboxylic acids is 4. The number of benzene rings is 3. The second-order valence-electron chi connectivity index (χ2n) is 10.2. The molecule has 0 bridgehead atoms. The lowest BCUT2D eigenvalue weighted by Crippen LogP contribution is -2.52. The van der Waals surface area contributed by atoms with Crippen molar-refractivity contribution in [3.8, 4) is 0 Å². The van der Waals surface area contributed by atoms with E-state index in [9.17, 15) is 19.2 Å². The summed E-state index contributed by atoms with van der Waals surface area (Å²) < 4.78 is 0. The van der Waals surface area contributed by atoms with Gasteiger partial charge in [0.25, 0.3) is 11.8 Å². The van der Waals surface area contributed by atoms with Gasteiger partial charge in [-0.25, -0.2) is 0 Å². The molecule has 1 aliphatic rings. The SMILES string of the molecule is CC[C@H](C)NC(=O)[C@@H](Cc1ccccc1)N(Cc1c(Cl)cccc1Cl)C(=O)CCCN1C(=O)c2ccccc2C1=O. The van der Waals surface area contributed by atoms with Gasteiger partial charge in [-0.2, -0.15) is 0 Å². The first-order valence-corrected chi connectivity index (χ1v) is 14.5. The fourth-order valence-corrected chi connectivity index (χ4v) is 5.34. The van der Waals surface area contributed by atoms with Crippen molar-refractivity contribution in [3.05, 3.63) is 105 Å². The Morgan fingerprint density at radius 2 is 1.46 bits per heavy atom. The number of fused-ring (bicyclic) bond motifs is 1. The maximum atomic E-state index is 13.9. The van der Waals surface area contributed by atoms with E-state index in [0.717, 1.165) is 12.0 Å². The first kappa shape index (κ1) is 30.3. The van der Waals surface area contributed by atoms with Gasteiger partial charge in [0.05, 0.1) is 11.1 Å². The number of hydrogen-bond acceptors (Lipinski definition) is 4. The lowest BCUT2D eigenvalue weighted by atomic mass is 10.0. The summed E-state index contributed by atoms with van der Waals surface area (Å²) >= 11 is 13.0. The zero-order valence-corrected chi connectivity index (χ0v) is 24.6. The molecule has 4 rings (SSSR count). The van der Waals surface area contributed by atoms with Crippen LogP contribution in [0.15, 0.2) is 72.8 Å². The zero-order valence-electron chi connectivity index (χ0n) is 23.1. The molecule has 0 saturated heterocycles. The van der Waals surface area contributed by atoms with Crippen molar-refractivity contribution in [1.29, 1.82) is 0 Å². The summed E-state index contributed by atoms with van der Waals surface area (Å²) in [6.45, 7) is 4.00. The predicted octanol–water partition coefficient (Wildman–Crippen LogP) is 5.92. The molecule has 0 aliphatic carbocycles. The zero-order chi connectivity index (χ0) is 29.5. The molecule has 214 valence electrons. The van der Waals surface area contributed by atoms with Crippen LogP contribution in [0.4, 0.5) is 0 Å². The van der Waals surface area contributed by atoms with Crippen LogP contribution in [0, 0.1) is 0 Å². The van der Waals surface area contributed by atoms with Crippen molar-refractivity contribution >= 4 is 46.8 Å². The molecule has 7 nitrogen and oxygen atoms in total. The molecule has 1 heterocycles. The largest absolute Gasteiger partial charge is 0.352 e. The highest BCUT2D eigenvalue weighted by molar-refractivity contribution is 6.36. The van der Waals surface area contributed by atoms with Gasteiger partial charge in [0.1, 0.15) is 6.04 Å². The van der Waals surface area contributed by atoms with E-state index in [1.165, 1.54) is 9.80 Å². The van der Waals surface area contributed by atoms with Crippen LogP contribution in [0.3, 0.4) is 0 Å². The third-order valence-electron chi connectivity index (χ3n) is 7.31. The van der Waals surface area contributed by atoms with Gasteiger partial charge >= 0.3 is 0 Å². The van der Waals surface area contributed by atoms with E-state index < -0.39 is 6.04 Å². The number of halogens is 2. The van der Waals surface area contributed by atoms with E-state index in [1.807, 2.05) is 44.2 Å². The van der Waals surface area contributed by atoms with Crippen LogP contribution in [0.2, 0.25) is 10.0 Å². The Bertz CT molecular complexity index is 1370. The minimum Gasteiger partial charge on any atom is -0.352 e. The average Bonchev–Trinajstić information content (AvgIpc) is 3.21. The Morgan fingerprint density at radius 3 is 2.05 bits per heavy atom. The predicted molar refractivity (Wildman–Crippen MR) is 160 cm³/mol. The molecular weight excluding hydrogens is 561 g/mol. The number of nitrogens with one attached hydrogen (secondary N) is 1. The number of imide groups is 1. The standard InChI is InChI=1S/C32H33Cl2N3O4/c1-3-21(2)35-30(39)28(19-22-11-5-4-6-12-22)37(20-25-26(33)15-9-16-27(25)34)29(38)17-10-18-36-31(40)23-13-7-8-14-24(23)32(36)41/h4-9,11-16,21,28H,3,10,17-20H2,1-2H3,(H,35,39)/t21-,28+/m0/s1. The molecule has 0 saturated carbocycles. The van der Waals surface area contributed by atoms with Gasteiger partial charge in [-0.15, -0.1) is 0 Å². The third kappa shape index (κ3) is 7.16. The Hall–Kier alpha value is -3.68. The fourth-order valence-electron chi connectivity index (χ4n) is 4.82. The van der Waals surface area contributed by atoms with Gasteiger partial charge in [-0.05, 0) is 49.6 Å². The monoisotopic (exact) mass is 593 g/mol. The molecule has 9 heteroatoms. The lowest BCUT2D eigenvalue weighted by Gasteiger charge is -2.33. The summed E-state index contributed by atoms with van der Waals surface area (Å²) in [6, 6.07) is 20.4. The second kappa shape index (κ2) is 13.8. The van der Waals surface area contributed by atoms with Gasteiger partial charge in [0.2, 0.25) is 11.8 Å².